The summed E-state index contributed by atoms with van der Waals surface area (Å²) in [6.07, 6.45) is 3.96. The first-order chi connectivity index (χ1) is 3.68. The van der Waals surface area contributed by atoms with Crippen molar-refractivity contribution in [1.29, 1.82) is 0 Å². The largest absolute Gasteiger partial charge is 0.0649 e. The second-order valence-electron chi connectivity index (χ2n) is 2.87. The van der Waals surface area contributed by atoms with Crippen LogP contribution in [0.5, 0.6) is 0 Å². The van der Waals surface area contributed by atoms with Crippen molar-refractivity contribution < 1.29 is 0 Å². The fraction of sp³-hybridized carbons (Fsp3) is 1.00. The molecule has 0 saturated heterocycles. The SMILES string of the molecule is CCC(C)(CC)CC. The summed E-state index contributed by atoms with van der Waals surface area (Å²) < 4.78 is 0. The van der Waals surface area contributed by atoms with Gasteiger partial charge in [0, 0.05) is 0 Å². The van der Waals surface area contributed by atoms with Gasteiger partial charge in [0.05, 0.1) is 0 Å². The first kappa shape index (κ1) is 8.00. The lowest BCUT2D eigenvalue weighted by Gasteiger charge is -2.23. The Labute approximate surface area is 53.3 Å². The number of rotatable bonds is 3. The van der Waals surface area contributed by atoms with Crippen molar-refractivity contribution in [2.75, 3.05) is 0 Å². The summed E-state index contributed by atoms with van der Waals surface area (Å²) in [5, 5.41) is 0. The fourth-order valence-corrected chi connectivity index (χ4v) is 0.750. The molecule has 0 aliphatic heterocycles. The van der Waals surface area contributed by atoms with Crippen molar-refractivity contribution in [3.05, 3.63) is 0 Å². The van der Waals surface area contributed by atoms with Gasteiger partial charge >= 0.3 is 0 Å². The van der Waals surface area contributed by atoms with Gasteiger partial charge < -0.3 is 0 Å². The van der Waals surface area contributed by atoms with Gasteiger partial charge in [0.25, 0.3) is 0 Å². The third kappa shape index (κ3) is 1.85. The van der Waals surface area contributed by atoms with Crippen molar-refractivity contribution >= 4 is 0 Å². The Hall–Kier alpha value is 0. The second kappa shape index (κ2) is 3.11. The molecule has 0 nitrogen and oxygen atoms in total. The van der Waals surface area contributed by atoms with Crippen molar-refractivity contribution in [2.45, 2.75) is 47.0 Å². The molecule has 0 aromatic heterocycles. The van der Waals surface area contributed by atoms with E-state index in [2.05, 4.69) is 27.7 Å². The van der Waals surface area contributed by atoms with E-state index in [1.807, 2.05) is 0 Å². The van der Waals surface area contributed by atoms with E-state index in [1.165, 1.54) is 19.3 Å². The van der Waals surface area contributed by atoms with Crippen molar-refractivity contribution in [2.24, 2.45) is 5.41 Å². The average Bonchev–Trinajstić information content (AvgIpc) is 1.87. The normalized spacial score (nSPS) is 12.0. The molecule has 0 aliphatic carbocycles. The van der Waals surface area contributed by atoms with E-state index in [9.17, 15) is 0 Å². The molecule has 0 unspecified atom stereocenters. The van der Waals surface area contributed by atoms with E-state index < -0.39 is 0 Å². The Morgan fingerprint density at radius 1 is 0.875 bits per heavy atom. The van der Waals surface area contributed by atoms with Crippen LogP contribution >= 0.6 is 0 Å². The summed E-state index contributed by atoms with van der Waals surface area (Å²) in [5.41, 5.74) is 0.625. The minimum absolute atomic E-state index is 0.625. The van der Waals surface area contributed by atoms with Crippen LogP contribution < -0.4 is 0 Å². The summed E-state index contributed by atoms with van der Waals surface area (Å²) in [7, 11) is 0. The van der Waals surface area contributed by atoms with Crippen LogP contribution in [0.15, 0.2) is 0 Å². The number of hydrogen-bond acceptors (Lipinski definition) is 0. The molecule has 0 aromatic rings. The summed E-state index contributed by atoms with van der Waals surface area (Å²) in [4.78, 5) is 0. The van der Waals surface area contributed by atoms with Crippen molar-refractivity contribution in [1.82, 2.24) is 0 Å². The summed E-state index contributed by atoms with van der Waals surface area (Å²) in [6.45, 7) is 9.17. The van der Waals surface area contributed by atoms with E-state index in [1.54, 1.807) is 0 Å². The van der Waals surface area contributed by atoms with Crippen LogP contribution in [0.4, 0.5) is 0 Å². The Morgan fingerprint density at radius 2 is 1.12 bits per heavy atom. The lowest BCUT2D eigenvalue weighted by molar-refractivity contribution is 0.286. The van der Waals surface area contributed by atoms with E-state index in [-0.39, 0.29) is 0 Å². The van der Waals surface area contributed by atoms with Crippen LogP contribution in [-0.4, -0.2) is 0 Å². The standard InChI is InChI=1S/C8H18/c1-5-8(4,6-2)7-3/h5-7H2,1-4H3. The predicted molar refractivity (Wildman–Crippen MR) is 39.0 cm³/mol. The summed E-state index contributed by atoms with van der Waals surface area (Å²) in [5.74, 6) is 0. The van der Waals surface area contributed by atoms with Gasteiger partial charge in [-0.1, -0.05) is 47.0 Å². The van der Waals surface area contributed by atoms with E-state index in [0.717, 1.165) is 0 Å². The first-order valence-electron chi connectivity index (χ1n) is 3.68. The third-order valence-electron chi connectivity index (χ3n) is 2.56. The van der Waals surface area contributed by atoms with Gasteiger partial charge in [-0.2, -0.15) is 0 Å². The molecule has 0 rings (SSSR count). The maximum absolute atomic E-state index is 2.35. The van der Waals surface area contributed by atoms with Crippen LogP contribution in [0.1, 0.15) is 47.0 Å². The smallest absolute Gasteiger partial charge is 0.0334 e. The molecule has 0 heterocycles. The lowest BCUT2D eigenvalue weighted by atomic mass is 9.82. The minimum Gasteiger partial charge on any atom is -0.0649 e. The van der Waals surface area contributed by atoms with Gasteiger partial charge in [0.1, 0.15) is 0 Å². The van der Waals surface area contributed by atoms with Gasteiger partial charge in [-0.05, 0) is 5.41 Å². The molecule has 0 N–H and O–H groups in total. The lowest BCUT2D eigenvalue weighted by Crippen LogP contribution is -2.10. The molecular formula is C8H18. The zero-order valence-corrected chi connectivity index (χ0v) is 6.62. The van der Waals surface area contributed by atoms with E-state index in [4.69, 9.17) is 0 Å². The van der Waals surface area contributed by atoms with Crippen LogP contribution in [0.2, 0.25) is 0 Å². The Morgan fingerprint density at radius 3 is 1.12 bits per heavy atom. The summed E-state index contributed by atoms with van der Waals surface area (Å²) >= 11 is 0. The molecule has 8 heavy (non-hydrogen) atoms. The Bertz CT molecular complexity index is 42.8. The topological polar surface area (TPSA) is 0 Å². The van der Waals surface area contributed by atoms with Crippen LogP contribution in [-0.2, 0) is 0 Å². The average molecular weight is 114 g/mol. The molecule has 0 saturated carbocycles. The first-order valence-corrected chi connectivity index (χ1v) is 3.68. The third-order valence-corrected chi connectivity index (χ3v) is 2.56. The molecule has 0 radical (unpaired) electrons. The highest BCUT2D eigenvalue weighted by atomic mass is 14.2. The van der Waals surface area contributed by atoms with Crippen molar-refractivity contribution in [3.8, 4) is 0 Å². The molecule has 0 fully saturated rings. The van der Waals surface area contributed by atoms with Crippen molar-refractivity contribution in [3.63, 3.8) is 0 Å². The highest BCUT2D eigenvalue weighted by Gasteiger charge is 2.15. The van der Waals surface area contributed by atoms with E-state index >= 15 is 0 Å². The van der Waals surface area contributed by atoms with Crippen LogP contribution in [0.25, 0.3) is 0 Å². The van der Waals surface area contributed by atoms with Crippen LogP contribution in [0.3, 0.4) is 0 Å². The van der Waals surface area contributed by atoms with Gasteiger partial charge in [-0.3, -0.25) is 0 Å². The molecule has 0 aliphatic rings. The predicted octanol–water partition coefficient (Wildman–Crippen LogP) is 3.22. The minimum atomic E-state index is 0.625. The molecule has 50 valence electrons. The molecule has 0 bridgehead atoms. The monoisotopic (exact) mass is 114 g/mol. The molecule has 0 heteroatoms. The Kier molecular flexibility index (Phi) is 3.11. The van der Waals surface area contributed by atoms with Crippen LogP contribution in [0, 0.1) is 5.41 Å². The van der Waals surface area contributed by atoms with Gasteiger partial charge in [-0.25, -0.2) is 0 Å². The molecule has 0 amide bonds. The Balaban J connectivity index is 3.58. The maximum atomic E-state index is 2.35. The zero-order valence-electron chi connectivity index (χ0n) is 6.62. The number of hydrogen-bond donors (Lipinski definition) is 0. The maximum Gasteiger partial charge on any atom is -0.0334 e. The molecular weight excluding hydrogens is 96.1 g/mol. The zero-order chi connectivity index (χ0) is 6.62. The van der Waals surface area contributed by atoms with Gasteiger partial charge in [0.2, 0.25) is 0 Å². The highest BCUT2D eigenvalue weighted by Crippen LogP contribution is 2.28. The molecule has 0 spiro atoms. The fourth-order valence-electron chi connectivity index (χ4n) is 0.750. The second-order valence-corrected chi connectivity index (χ2v) is 2.87. The summed E-state index contributed by atoms with van der Waals surface area (Å²) in [6, 6.07) is 0. The highest BCUT2D eigenvalue weighted by molar-refractivity contribution is 4.67. The molecule has 0 atom stereocenters. The quantitative estimate of drug-likeness (QED) is 0.528. The van der Waals surface area contributed by atoms with Gasteiger partial charge in [0.15, 0.2) is 0 Å². The van der Waals surface area contributed by atoms with E-state index in [0.29, 0.717) is 5.41 Å². The van der Waals surface area contributed by atoms with Gasteiger partial charge in [-0.15, -0.1) is 0 Å². The molecule has 0 aromatic carbocycles.